The maximum Gasteiger partial charge on any atom is 0.119 e. The van der Waals surface area contributed by atoms with Crippen LogP contribution in [0.3, 0.4) is 0 Å². The van der Waals surface area contributed by atoms with Crippen LogP contribution < -0.4 is 10.1 Å². The molecule has 0 radical (unpaired) electrons. The van der Waals surface area contributed by atoms with Gasteiger partial charge in [-0.2, -0.15) is 0 Å². The topological polar surface area (TPSA) is 21.3 Å². The number of hydrogen-bond donors (Lipinski definition) is 1. The molecule has 0 fully saturated rings. The molecular weight excluding hydrogens is 186 g/mol. The zero-order valence-corrected chi connectivity index (χ0v) is 9.12. The largest absolute Gasteiger partial charge is 0.497 e. The van der Waals surface area contributed by atoms with E-state index in [1.54, 1.807) is 7.11 Å². The minimum atomic E-state index is 0.402. The predicted molar refractivity (Wildman–Crippen MR) is 63.5 cm³/mol. The van der Waals surface area contributed by atoms with Crippen molar-refractivity contribution in [1.29, 1.82) is 0 Å². The molecule has 2 rings (SSSR count). The Morgan fingerprint density at radius 2 is 2.40 bits per heavy atom. The molecule has 2 nitrogen and oxygen atoms in total. The van der Waals surface area contributed by atoms with E-state index in [1.165, 1.54) is 17.7 Å². The monoisotopic (exact) mass is 203 g/mol. The van der Waals surface area contributed by atoms with Crippen molar-refractivity contribution < 1.29 is 4.74 Å². The van der Waals surface area contributed by atoms with Crippen molar-refractivity contribution in [2.24, 2.45) is 0 Å². The maximum atomic E-state index is 5.23. The van der Waals surface area contributed by atoms with Gasteiger partial charge in [0.25, 0.3) is 0 Å². The second-order valence-electron chi connectivity index (χ2n) is 3.90. The Morgan fingerprint density at radius 3 is 3.13 bits per heavy atom. The van der Waals surface area contributed by atoms with Gasteiger partial charge < -0.3 is 10.1 Å². The number of ether oxygens (including phenoxy) is 1. The van der Waals surface area contributed by atoms with Gasteiger partial charge in [0.2, 0.25) is 0 Å². The fraction of sp³-hybridized carbons (Fsp3) is 0.385. The SMILES string of the molecule is C=CC1CCCc2cc(OC)ccc2N1. The summed E-state index contributed by atoms with van der Waals surface area (Å²) in [5.41, 5.74) is 2.57. The zero-order valence-electron chi connectivity index (χ0n) is 9.12. The molecule has 0 aliphatic carbocycles. The quantitative estimate of drug-likeness (QED) is 0.746. The van der Waals surface area contributed by atoms with Gasteiger partial charge >= 0.3 is 0 Å². The van der Waals surface area contributed by atoms with E-state index in [2.05, 4.69) is 24.0 Å². The molecule has 1 aliphatic rings. The van der Waals surface area contributed by atoms with Crippen LogP contribution in [-0.2, 0) is 6.42 Å². The van der Waals surface area contributed by atoms with Crippen molar-refractivity contribution in [3.63, 3.8) is 0 Å². The normalized spacial score (nSPS) is 19.7. The number of methoxy groups -OCH3 is 1. The summed E-state index contributed by atoms with van der Waals surface area (Å²) in [6.07, 6.45) is 5.45. The molecule has 1 unspecified atom stereocenters. The molecule has 0 amide bonds. The summed E-state index contributed by atoms with van der Waals surface area (Å²) in [7, 11) is 1.71. The van der Waals surface area contributed by atoms with Gasteiger partial charge in [0, 0.05) is 11.7 Å². The highest BCUT2D eigenvalue weighted by Crippen LogP contribution is 2.27. The third kappa shape index (κ3) is 2.14. The lowest BCUT2D eigenvalue weighted by molar-refractivity contribution is 0.414. The van der Waals surface area contributed by atoms with Gasteiger partial charge in [0.05, 0.1) is 7.11 Å². The molecule has 0 saturated heterocycles. The Balaban J connectivity index is 2.29. The average Bonchev–Trinajstić information content (AvgIpc) is 2.49. The van der Waals surface area contributed by atoms with Gasteiger partial charge in [-0.3, -0.25) is 0 Å². The Morgan fingerprint density at radius 1 is 1.53 bits per heavy atom. The molecule has 80 valence electrons. The molecule has 2 heteroatoms. The first kappa shape index (κ1) is 10.1. The minimum absolute atomic E-state index is 0.402. The lowest BCUT2D eigenvalue weighted by Gasteiger charge is -2.14. The van der Waals surface area contributed by atoms with Crippen molar-refractivity contribution in [2.45, 2.75) is 25.3 Å². The third-order valence-electron chi connectivity index (χ3n) is 2.90. The van der Waals surface area contributed by atoms with Crippen LogP contribution in [0, 0.1) is 0 Å². The summed E-state index contributed by atoms with van der Waals surface area (Å²) >= 11 is 0. The zero-order chi connectivity index (χ0) is 10.7. The molecule has 15 heavy (non-hydrogen) atoms. The molecule has 0 bridgehead atoms. The van der Waals surface area contributed by atoms with Crippen LogP contribution in [0.1, 0.15) is 18.4 Å². The Hall–Kier alpha value is -1.44. The molecule has 1 aliphatic heterocycles. The van der Waals surface area contributed by atoms with Crippen molar-refractivity contribution in [2.75, 3.05) is 12.4 Å². The third-order valence-corrected chi connectivity index (χ3v) is 2.90. The van der Waals surface area contributed by atoms with Crippen LogP contribution in [0.25, 0.3) is 0 Å². The number of nitrogens with one attached hydrogen (secondary N) is 1. The van der Waals surface area contributed by atoms with E-state index in [0.717, 1.165) is 18.6 Å². The summed E-state index contributed by atoms with van der Waals surface area (Å²) in [4.78, 5) is 0. The Kier molecular flexibility index (Phi) is 2.95. The number of hydrogen-bond acceptors (Lipinski definition) is 2. The van der Waals surface area contributed by atoms with Crippen LogP contribution >= 0.6 is 0 Å². The van der Waals surface area contributed by atoms with E-state index in [-0.39, 0.29) is 0 Å². The maximum absolute atomic E-state index is 5.23. The Bertz CT molecular complexity index is 360. The Labute approximate surface area is 91.0 Å². The van der Waals surface area contributed by atoms with Crippen molar-refractivity contribution in [3.05, 3.63) is 36.4 Å². The molecule has 1 aromatic rings. The second-order valence-corrected chi connectivity index (χ2v) is 3.90. The highest BCUT2D eigenvalue weighted by molar-refractivity contribution is 5.56. The average molecular weight is 203 g/mol. The minimum Gasteiger partial charge on any atom is -0.497 e. The molecule has 0 aromatic heterocycles. The summed E-state index contributed by atoms with van der Waals surface area (Å²) < 4.78 is 5.23. The second kappa shape index (κ2) is 4.39. The lowest BCUT2D eigenvalue weighted by Crippen LogP contribution is -2.14. The van der Waals surface area contributed by atoms with E-state index in [4.69, 9.17) is 4.74 Å². The highest BCUT2D eigenvalue weighted by Gasteiger charge is 2.13. The predicted octanol–water partition coefficient (Wildman–Crippen LogP) is 3.00. The van der Waals surface area contributed by atoms with E-state index < -0.39 is 0 Å². The first-order chi connectivity index (χ1) is 7.33. The van der Waals surface area contributed by atoms with Crippen LogP contribution in [0.4, 0.5) is 5.69 Å². The van der Waals surface area contributed by atoms with Crippen molar-refractivity contribution >= 4 is 5.69 Å². The number of rotatable bonds is 2. The van der Waals surface area contributed by atoms with Crippen LogP contribution in [0.15, 0.2) is 30.9 Å². The standard InChI is InChI=1S/C13H17NO/c1-3-11-6-4-5-10-9-12(15-2)7-8-13(10)14-11/h3,7-9,11,14H,1,4-6H2,2H3. The van der Waals surface area contributed by atoms with Crippen LogP contribution in [0.5, 0.6) is 5.75 Å². The number of benzene rings is 1. The summed E-state index contributed by atoms with van der Waals surface area (Å²) in [6.45, 7) is 3.85. The molecule has 0 spiro atoms. The van der Waals surface area contributed by atoms with Gasteiger partial charge in [0.1, 0.15) is 5.75 Å². The van der Waals surface area contributed by atoms with E-state index in [0.29, 0.717) is 6.04 Å². The number of aryl methyl sites for hydroxylation is 1. The smallest absolute Gasteiger partial charge is 0.119 e. The summed E-state index contributed by atoms with van der Waals surface area (Å²) in [6, 6.07) is 6.61. The fourth-order valence-electron chi connectivity index (χ4n) is 2.01. The summed E-state index contributed by atoms with van der Waals surface area (Å²) in [5, 5.41) is 3.49. The van der Waals surface area contributed by atoms with Gasteiger partial charge in [-0.1, -0.05) is 6.08 Å². The molecule has 1 heterocycles. The first-order valence-electron chi connectivity index (χ1n) is 5.39. The number of fused-ring (bicyclic) bond motifs is 1. The fourth-order valence-corrected chi connectivity index (χ4v) is 2.01. The van der Waals surface area contributed by atoms with Gasteiger partial charge in [-0.15, -0.1) is 6.58 Å². The molecule has 1 N–H and O–H groups in total. The van der Waals surface area contributed by atoms with Gasteiger partial charge in [0.15, 0.2) is 0 Å². The summed E-state index contributed by atoms with van der Waals surface area (Å²) in [5.74, 6) is 0.938. The van der Waals surface area contributed by atoms with Gasteiger partial charge in [-0.05, 0) is 43.0 Å². The van der Waals surface area contributed by atoms with Crippen molar-refractivity contribution in [3.8, 4) is 5.75 Å². The lowest BCUT2D eigenvalue weighted by atomic mass is 10.1. The molecule has 1 atom stereocenters. The van der Waals surface area contributed by atoms with E-state index >= 15 is 0 Å². The van der Waals surface area contributed by atoms with Crippen LogP contribution in [-0.4, -0.2) is 13.2 Å². The number of anilines is 1. The van der Waals surface area contributed by atoms with E-state index in [1.807, 2.05) is 12.1 Å². The van der Waals surface area contributed by atoms with Gasteiger partial charge in [-0.25, -0.2) is 0 Å². The molecule has 1 aromatic carbocycles. The van der Waals surface area contributed by atoms with Crippen LogP contribution in [0.2, 0.25) is 0 Å². The van der Waals surface area contributed by atoms with E-state index in [9.17, 15) is 0 Å². The molecule has 0 saturated carbocycles. The molecular formula is C13H17NO. The first-order valence-corrected chi connectivity index (χ1v) is 5.39. The highest BCUT2D eigenvalue weighted by atomic mass is 16.5. The van der Waals surface area contributed by atoms with Crippen molar-refractivity contribution in [1.82, 2.24) is 0 Å².